The highest BCUT2D eigenvalue weighted by Gasteiger charge is 2.24. The molecule has 7 heteroatoms. The van der Waals surface area contributed by atoms with Gasteiger partial charge in [0.1, 0.15) is 18.0 Å². The van der Waals surface area contributed by atoms with Gasteiger partial charge >= 0.3 is 0 Å². The maximum Gasteiger partial charge on any atom is 0.222 e. The van der Waals surface area contributed by atoms with E-state index in [9.17, 15) is 4.79 Å². The first-order valence-corrected chi connectivity index (χ1v) is 10.9. The van der Waals surface area contributed by atoms with Gasteiger partial charge in [-0.05, 0) is 42.3 Å². The second kappa shape index (κ2) is 7.89. The van der Waals surface area contributed by atoms with Crippen molar-refractivity contribution in [1.82, 2.24) is 19.8 Å². The second-order valence-electron chi connectivity index (χ2n) is 8.75. The zero-order chi connectivity index (χ0) is 21.5. The first-order valence-electron chi connectivity index (χ1n) is 10.9. The van der Waals surface area contributed by atoms with Crippen molar-refractivity contribution in [2.24, 2.45) is 0 Å². The molecule has 0 unspecified atom stereocenters. The number of hydrogen-bond donors (Lipinski definition) is 1. The summed E-state index contributed by atoms with van der Waals surface area (Å²) >= 11 is 0. The van der Waals surface area contributed by atoms with Crippen molar-refractivity contribution >= 4 is 22.6 Å². The molecule has 1 fully saturated rings. The van der Waals surface area contributed by atoms with Crippen LogP contribution < -0.4 is 9.64 Å². The number of piperazine rings is 1. The predicted octanol–water partition coefficient (Wildman–Crippen LogP) is 2.89. The number of fused-ring (bicyclic) bond motifs is 5. The number of ether oxygens (including phenoxy) is 1. The summed E-state index contributed by atoms with van der Waals surface area (Å²) in [6.07, 6.45) is 4.98. The highest BCUT2D eigenvalue weighted by Crippen LogP contribution is 2.43. The monoisotopic (exact) mass is 419 g/mol. The molecule has 0 spiro atoms. The molecule has 0 atom stereocenters. The van der Waals surface area contributed by atoms with E-state index in [1.165, 1.54) is 16.8 Å². The van der Waals surface area contributed by atoms with Gasteiger partial charge < -0.3 is 24.4 Å². The molecule has 3 aromatic rings. The minimum Gasteiger partial charge on any atom is -0.487 e. The van der Waals surface area contributed by atoms with E-state index in [2.05, 4.69) is 45.0 Å². The van der Waals surface area contributed by atoms with Crippen LogP contribution in [0.15, 0.2) is 30.6 Å². The molecule has 0 aliphatic carbocycles. The van der Waals surface area contributed by atoms with Crippen LogP contribution in [-0.2, 0) is 17.8 Å². The van der Waals surface area contributed by atoms with Crippen molar-refractivity contribution < 1.29 is 9.53 Å². The third-order valence-corrected chi connectivity index (χ3v) is 6.46. The van der Waals surface area contributed by atoms with E-state index in [-0.39, 0.29) is 5.91 Å². The van der Waals surface area contributed by atoms with Crippen LogP contribution in [0.25, 0.3) is 22.2 Å². The van der Waals surface area contributed by atoms with Gasteiger partial charge in [0.25, 0.3) is 0 Å². The van der Waals surface area contributed by atoms with Gasteiger partial charge in [-0.15, -0.1) is 0 Å². The summed E-state index contributed by atoms with van der Waals surface area (Å²) in [6.45, 7) is 4.82. The van der Waals surface area contributed by atoms with Crippen LogP contribution in [0.2, 0.25) is 0 Å². The predicted molar refractivity (Wildman–Crippen MR) is 123 cm³/mol. The number of nitrogens with one attached hydrogen (secondary N) is 1. The molecule has 2 aliphatic heterocycles. The quantitative estimate of drug-likeness (QED) is 0.705. The van der Waals surface area contributed by atoms with Crippen LogP contribution in [0, 0.1) is 0 Å². The van der Waals surface area contributed by atoms with Gasteiger partial charge in [0.2, 0.25) is 5.91 Å². The van der Waals surface area contributed by atoms with Gasteiger partial charge in [-0.25, -0.2) is 4.98 Å². The van der Waals surface area contributed by atoms with Crippen molar-refractivity contribution in [3.05, 3.63) is 41.7 Å². The van der Waals surface area contributed by atoms with Crippen molar-refractivity contribution in [3.63, 3.8) is 0 Å². The Labute approximate surface area is 182 Å². The standard InChI is InChI=1S/C24H29N5O2/c1-27(2)21(30)7-4-16-13-25-24-22(16)23-20(14-26-24)19-6-5-18(12-17(19)15-31-23)29-10-8-28(3)9-11-29/h5-6,12-14H,4,7-11,15H2,1-3H3,(H,25,26). The lowest BCUT2D eigenvalue weighted by molar-refractivity contribution is -0.128. The topological polar surface area (TPSA) is 64.7 Å². The number of amides is 1. The Kier molecular flexibility index (Phi) is 5.06. The molecule has 0 radical (unpaired) electrons. The van der Waals surface area contributed by atoms with Crippen LogP contribution in [-0.4, -0.2) is 73.0 Å². The van der Waals surface area contributed by atoms with Crippen LogP contribution in [0.3, 0.4) is 0 Å². The molecule has 1 saturated heterocycles. The summed E-state index contributed by atoms with van der Waals surface area (Å²) in [5.74, 6) is 0.994. The van der Waals surface area contributed by atoms with Gasteiger partial charge in [0.05, 0.1) is 5.39 Å². The summed E-state index contributed by atoms with van der Waals surface area (Å²) in [5.41, 5.74) is 6.56. The minimum absolute atomic E-state index is 0.120. The summed E-state index contributed by atoms with van der Waals surface area (Å²) in [7, 11) is 5.75. The Morgan fingerprint density at radius 3 is 2.77 bits per heavy atom. The van der Waals surface area contributed by atoms with Gasteiger partial charge in [-0.1, -0.05) is 6.07 Å². The van der Waals surface area contributed by atoms with Crippen LogP contribution in [0.4, 0.5) is 5.69 Å². The number of likely N-dealkylation sites (N-methyl/N-ethyl adjacent to an activating group) is 1. The number of carbonyl (C=O) groups is 1. The molecule has 7 nitrogen and oxygen atoms in total. The molecule has 1 N–H and O–H groups in total. The molecule has 1 aromatic carbocycles. The molecule has 162 valence electrons. The van der Waals surface area contributed by atoms with E-state index in [4.69, 9.17) is 4.74 Å². The Morgan fingerprint density at radius 1 is 1.19 bits per heavy atom. The largest absolute Gasteiger partial charge is 0.487 e. The zero-order valence-electron chi connectivity index (χ0n) is 18.4. The molecule has 31 heavy (non-hydrogen) atoms. The maximum absolute atomic E-state index is 12.1. The van der Waals surface area contributed by atoms with E-state index >= 15 is 0 Å². The number of nitrogens with zero attached hydrogens (tertiary/aromatic N) is 4. The summed E-state index contributed by atoms with van der Waals surface area (Å²) < 4.78 is 6.29. The van der Waals surface area contributed by atoms with Crippen LogP contribution in [0.1, 0.15) is 17.5 Å². The highest BCUT2D eigenvalue weighted by atomic mass is 16.5. The Morgan fingerprint density at radius 2 is 2.00 bits per heavy atom. The summed E-state index contributed by atoms with van der Waals surface area (Å²) in [6, 6.07) is 6.69. The Bertz CT molecular complexity index is 1130. The number of pyridine rings is 1. The highest BCUT2D eigenvalue weighted by molar-refractivity contribution is 5.95. The number of rotatable bonds is 4. The van der Waals surface area contributed by atoms with E-state index in [0.717, 1.165) is 54.1 Å². The molecule has 1 amide bonds. The molecule has 2 aromatic heterocycles. The lowest BCUT2D eigenvalue weighted by Gasteiger charge is -2.34. The van der Waals surface area contributed by atoms with Crippen LogP contribution >= 0.6 is 0 Å². The smallest absolute Gasteiger partial charge is 0.222 e. The van der Waals surface area contributed by atoms with Crippen molar-refractivity contribution in [1.29, 1.82) is 0 Å². The first kappa shape index (κ1) is 19.9. The van der Waals surface area contributed by atoms with E-state index in [1.807, 2.05) is 12.4 Å². The summed E-state index contributed by atoms with van der Waals surface area (Å²) in [5, 5.41) is 0.998. The lowest BCUT2D eigenvalue weighted by Crippen LogP contribution is -2.44. The van der Waals surface area contributed by atoms with Crippen molar-refractivity contribution in [3.8, 4) is 16.9 Å². The van der Waals surface area contributed by atoms with Crippen molar-refractivity contribution in [2.45, 2.75) is 19.4 Å². The molecule has 0 saturated carbocycles. The number of H-pyrrole nitrogens is 1. The maximum atomic E-state index is 12.1. The fraction of sp³-hybridized carbons (Fsp3) is 0.417. The normalized spacial score (nSPS) is 16.0. The number of anilines is 1. The van der Waals surface area contributed by atoms with E-state index < -0.39 is 0 Å². The SMILES string of the molecule is CN1CCN(c2ccc3c(c2)COc2c-3cnc3[nH]cc(CCC(=O)N(C)C)c23)CC1. The zero-order valence-corrected chi connectivity index (χ0v) is 18.4. The molecule has 5 rings (SSSR count). The first-order chi connectivity index (χ1) is 15.0. The lowest BCUT2D eigenvalue weighted by atomic mass is 9.95. The number of aryl methyl sites for hydroxylation is 1. The van der Waals surface area contributed by atoms with Crippen molar-refractivity contribution in [2.75, 3.05) is 52.2 Å². The molecule has 2 aliphatic rings. The number of benzene rings is 1. The molecular formula is C24H29N5O2. The van der Waals surface area contributed by atoms with Gasteiger partial charge in [-0.2, -0.15) is 0 Å². The average Bonchev–Trinajstić information content (AvgIpc) is 3.20. The fourth-order valence-corrected chi connectivity index (χ4v) is 4.51. The third-order valence-electron chi connectivity index (χ3n) is 6.46. The van der Waals surface area contributed by atoms with Gasteiger partial charge in [0.15, 0.2) is 0 Å². The van der Waals surface area contributed by atoms with Gasteiger partial charge in [0, 0.05) is 70.3 Å². The average molecular weight is 420 g/mol. The Hall–Kier alpha value is -3.06. The number of carbonyl (C=O) groups excluding carboxylic acids is 1. The Balaban J connectivity index is 1.47. The number of aromatic nitrogens is 2. The van der Waals surface area contributed by atoms with Crippen LogP contribution in [0.5, 0.6) is 5.75 Å². The minimum atomic E-state index is 0.120. The van der Waals surface area contributed by atoms with E-state index in [1.54, 1.807) is 19.0 Å². The second-order valence-corrected chi connectivity index (χ2v) is 8.75. The molecule has 4 heterocycles. The molecular weight excluding hydrogens is 390 g/mol. The number of aromatic amines is 1. The number of hydrogen-bond acceptors (Lipinski definition) is 5. The summed E-state index contributed by atoms with van der Waals surface area (Å²) in [4.78, 5) is 26.4. The fourth-order valence-electron chi connectivity index (χ4n) is 4.51. The van der Waals surface area contributed by atoms with Gasteiger partial charge in [-0.3, -0.25) is 4.79 Å². The molecule has 0 bridgehead atoms. The third kappa shape index (κ3) is 3.63. The van der Waals surface area contributed by atoms with E-state index in [0.29, 0.717) is 19.4 Å².